The molecule has 0 spiro atoms. The van der Waals surface area contributed by atoms with Gasteiger partial charge in [-0.15, -0.1) is 0 Å². The Kier molecular flexibility index (Phi) is 6.40. The van der Waals surface area contributed by atoms with Crippen LogP contribution in [0.2, 0.25) is 0 Å². The minimum atomic E-state index is -0.430. The molecule has 31 heavy (non-hydrogen) atoms. The van der Waals surface area contributed by atoms with Crippen molar-refractivity contribution in [3.8, 4) is 17.2 Å². The number of nitrogens with zero attached hydrogens (tertiary/aromatic N) is 1. The number of anilines is 2. The van der Waals surface area contributed by atoms with Crippen LogP contribution < -0.4 is 20.1 Å². The summed E-state index contributed by atoms with van der Waals surface area (Å²) in [5.41, 5.74) is 1.62. The highest BCUT2D eigenvalue weighted by Crippen LogP contribution is 2.25. The van der Waals surface area contributed by atoms with Gasteiger partial charge in [-0.1, -0.05) is 54.6 Å². The molecule has 3 aromatic carbocycles. The number of para-hydroxylation sites is 1. The number of carbonyl (C=O) groups is 1. The molecule has 6 nitrogen and oxygen atoms in total. The van der Waals surface area contributed by atoms with E-state index in [0.29, 0.717) is 29.6 Å². The first kappa shape index (κ1) is 20.0. The predicted molar refractivity (Wildman–Crippen MR) is 121 cm³/mol. The number of amides is 2. The van der Waals surface area contributed by atoms with E-state index in [9.17, 15) is 4.79 Å². The lowest BCUT2D eigenvalue weighted by atomic mass is 10.2. The van der Waals surface area contributed by atoms with Crippen molar-refractivity contribution < 1.29 is 14.3 Å². The Hall–Kier alpha value is -4.32. The quantitative estimate of drug-likeness (QED) is 0.386. The Bertz CT molecular complexity index is 1130. The molecule has 0 bridgehead atoms. The molecule has 0 aliphatic carbocycles. The molecule has 0 saturated carbocycles. The molecule has 0 aliphatic heterocycles. The number of carbonyl (C=O) groups excluding carboxylic acids is 1. The van der Waals surface area contributed by atoms with E-state index < -0.39 is 6.03 Å². The number of hydrogen-bond donors (Lipinski definition) is 2. The third-order valence-electron chi connectivity index (χ3n) is 4.31. The summed E-state index contributed by atoms with van der Waals surface area (Å²) in [6, 6.07) is 29.5. The van der Waals surface area contributed by atoms with Gasteiger partial charge in [-0.25, -0.2) is 9.78 Å². The second-order valence-electron chi connectivity index (χ2n) is 6.65. The molecular formula is C25H21N3O3. The highest BCUT2D eigenvalue weighted by atomic mass is 16.5. The van der Waals surface area contributed by atoms with Crippen LogP contribution in [0.3, 0.4) is 0 Å². The minimum Gasteiger partial charge on any atom is -0.485 e. The maximum atomic E-state index is 12.5. The Morgan fingerprint density at radius 1 is 0.774 bits per heavy atom. The van der Waals surface area contributed by atoms with E-state index in [1.165, 1.54) is 0 Å². The third kappa shape index (κ3) is 5.83. The summed E-state index contributed by atoms with van der Waals surface area (Å²) in [5.74, 6) is 2.17. The molecule has 2 N–H and O–H groups in total. The molecule has 0 atom stereocenters. The first-order valence-electron chi connectivity index (χ1n) is 9.79. The zero-order valence-electron chi connectivity index (χ0n) is 16.7. The second kappa shape index (κ2) is 9.93. The van der Waals surface area contributed by atoms with E-state index >= 15 is 0 Å². The summed E-state index contributed by atoms with van der Waals surface area (Å²) in [4.78, 5) is 16.7. The van der Waals surface area contributed by atoms with Gasteiger partial charge in [-0.2, -0.15) is 0 Å². The number of urea groups is 1. The molecule has 154 valence electrons. The van der Waals surface area contributed by atoms with E-state index in [-0.39, 0.29) is 0 Å². The van der Waals surface area contributed by atoms with Crippen molar-refractivity contribution in [2.75, 3.05) is 10.6 Å². The Labute approximate surface area is 180 Å². The van der Waals surface area contributed by atoms with Crippen LogP contribution in [-0.4, -0.2) is 11.0 Å². The van der Waals surface area contributed by atoms with E-state index in [1.54, 1.807) is 30.5 Å². The fourth-order valence-corrected chi connectivity index (χ4v) is 2.87. The maximum absolute atomic E-state index is 12.5. The van der Waals surface area contributed by atoms with Crippen molar-refractivity contribution in [1.82, 2.24) is 4.98 Å². The molecule has 0 radical (unpaired) electrons. The van der Waals surface area contributed by atoms with Crippen LogP contribution in [0.5, 0.6) is 17.2 Å². The van der Waals surface area contributed by atoms with E-state index in [0.717, 1.165) is 11.3 Å². The molecule has 4 rings (SSSR count). The molecule has 0 aliphatic rings. The van der Waals surface area contributed by atoms with Gasteiger partial charge in [0.05, 0.1) is 0 Å². The van der Waals surface area contributed by atoms with Crippen molar-refractivity contribution in [2.24, 2.45) is 0 Å². The molecule has 4 aromatic rings. The van der Waals surface area contributed by atoms with Gasteiger partial charge in [-0.3, -0.25) is 5.32 Å². The topological polar surface area (TPSA) is 72.5 Å². The molecule has 2 amide bonds. The summed E-state index contributed by atoms with van der Waals surface area (Å²) in [6.07, 6.45) is 1.60. The second-order valence-corrected chi connectivity index (χ2v) is 6.65. The van der Waals surface area contributed by atoms with Gasteiger partial charge in [0, 0.05) is 18.0 Å². The fraction of sp³-hybridized carbons (Fsp3) is 0.0400. The van der Waals surface area contributed by atoms with Gasteiger partial charge in [0.25, 0.3) is 0 Å². The lowest BCUT2D eigenvalue weighted by Gasteiger charge is -2.13. The van der Waals surface area contributed by atoms with Gasteiger partial charge in [-0.05, 0) is 42.0 Å². The molecular weight excluding hydrogens is 390 g/mol. The van der Waals surface area contributed by atoms with Gasteiger partial charge in [0.15, 0.2) is 11.6 Å². The number of rotatable bonds is 7. The van der Waals surface area contributed by atoms with Gasteiger partial charge >= 0.3 is 6.03 Å². The lowest BCUT2D eigenvalue weighted by Crippen LogP contribution is -2.20. The molecule has 1 heterocycles. The highest BCUT2D eigenvalue weighted by Gasteiger charge is 2.10. The molecule has 1 aromatic heterocycles. The smallest absolute Gasteiger partial charge is 0.324 e. The van der Waals surface area contributed by atoms with Gasteiger partial charge < -0.3 is 14.8 Å². The molecule has 6 heteroatoms. The fourth-order valence-electron chi connectivity index (χ4n) is 2.87. The summed E-state index contributed by atoms with van der Waals surface area (Å²) in [7, 11) is 0. The van der Waals surface area contributed by atoms with Crippen molar-refractivity contribution in [1.29, 1.82) is 0 Å². The zero-order valence-corrected chi connectivity index (χ0v) is 16.7. The number of ether oxygens (including phenoxy) is 2. The van der Waals surface area contributed by atoms with E-state index in [1.807, 2.05) is 72.8 Å². The predicted octanol–water partition coefficient (Wildman–Crippen LogP) is 6.10. The summed E-state index contributed by atoms with van der Waals surface area (Å²) in [5, 5.41) is 5.53. The molecule has 0 unspecified atom stereocenters. The summed E-state index contributed by atoms with van der Waals surface area (Å²) >= 11 is 0. The van der Waals surface area contributed by atoms with Crippen molar-refractivity contribution in [3.05, 3.63) is 109 Å². The van der Waals surface area contributed by atoms with E-state index in [4.69, 9.17) is 9.47 Å². The zero-order chi connectivity index (χ0) is 21.3. The normalized spacial score (nSPS) is 10.2. The molecule has 0 fully saturated rings. The summed E-state index contributed by atoms with van der Waals surface area (Å²) < 4.78 is 11.6. The van der Waals surface area contributed by atoms with Crippen LogP contribution in [0, 0.1) is 0 Å². The summed E-state index contributed by atoms with van der Waals surface area (Å²) in [6.45, 7) is 0.377. The largest absolute Gasteiger partial charge is 0.485 e. The van der Waals surface area contributed by atoms with Crippen LogP contribution in [0.1, 0.15) is 5.56 Å². The van der Waals surface area contributed by atoms with Gasteiger partial charge in [0.2, 0.25) is 0 Å². The third-order valence-corrected chi connectivity index (χ3v) is 4.31. The standard InChI is InChI=1S/C25H21N3O3/c29-25(27-20-11-7-14-22(17-20)31-21-12-5-2-6-13-21)28-24-23(15-8-16-26-24)30-18-19-9-3-1-4-10-19/h1-17H,18H2,(H2,26,27,28,29). The maximum Gasteiger partial charge on any atom is 0.324 e. The average molecular weight is 411 g/mol. The number of hydrogen-bond acceptors (Lipinski definition) is 4. The average Bonchev–Trinajstić information content (AvgIpc) is 2.80. The lowest BCUT2D eigenvalue weighted by molar-refractivity contribution is 0.261. The number of benzene rings is 3. The first-order chi connectivity index (χ1) is 15.3. The molecule has 0 saturated heterocycles. The number of pyridine rings is 1. The number of nitrogens with one attached hydrogen (secondary N) is 2. The minimum absolute atomic E-state index is 0.340. The first-order valence-corrected chi connectivity index (χ1v) is 9.79. The van der Waals surface area contributed by atoms with Crippen LogP contribution in [-0.2, 0) is 6.61 Å². The highest BCUT2D eigenvalue weighted by molar-refractivity contribution is 6.00. The Morgan fingerprint density at radius 3 is 2.32 bits per heavy atom. The Morgan fingerprint density at radius 2 is 1.52 bits per heavy atom. The van der Waals surface area contributed by atoms with Crippen LogP contribution >= 0.6 is 0 Å². The van der Waals surface area contributed by atoms with Crippen molar-refractivity contribution >= 4 is 17.5 Å². The number of aromatic nitrogens is 1. The van der Waals surface area contributed by atoms with Crippen molar-refractivity contribution in [2.45, 2.75) is 6.61 Å². The SMILES string of the molecule is O=C(Nc1cccc(Oc2ccccc2)c1)Nc1ncccc1OCc1ccccc1. The van der Waals surface area contributed by atoms with Crippen molar-refractivity contribution in [3.63, 3.8) is 0 Å². The van der Waals surface area contributed by atoms with Crippen LogP contribution in [0.15, 0.2) is 103 Å². The van der Waals surface area contributed by atoms with Gasteiger partial charge in [0.1, 0.15) is 18.1 Å². The monoisotopic (exact) mass is 411 g/mol. The van der Waals surface area contributed by atoms with E-state index in [2.05, 4.69) is 15.6 Å². The van der Waals surface area contributed by atoms with Crippen LogP contribution in [0.4, 0.5) is 16.3 Å². The Balaban J connectivity index is 1.38. The van der Waals surface area contributed by atoms with Crippen LogP contribution in [0.25, 0.3) is 0 Å².